The van der Waals surface area contributed by atoms with Crippen LogP contribution in [0.5, 0.6) is 5.75 Å². The fraction of sp³-hybridized carbons (Fsp3) is 0.217. The van der Waals surface area contributed by atoms with Gasteiger partial charge in [0.2, 0.25) is 5.76 Å². The van der Waals surface area contributed by atoms with E-state index in [-0.39, 0.29) is 17.1 Å². The molecule has 0 fully saturated rings. The van der Waals surface area contributed by atoms with Gasteiger partial charge in [-0.3, -0.25) is 9.59 Å². The summed E-state index contributed by atoms with van der Waals surface area (Å²) in [4.78, 5) is 28.0. The molecule has 1 aromatic heterocycles. The van der Waals surface area contributed by atoms with Gasteiger partial charge in [-0.15, -0.1) is 6.58 Å². The van der Waals surface area contributed by atoms with Crippen molar-refractivity contribution in [2.24, 2.45) is 0 Å². The van der Waals surface area contributed by atoms with E-state index in [0.717, 1.165) is 11.1 Å². The number of nitrogens with zero attached hydrogens (tertiary/aromatic N) is 1. The normalized spacial score (nSPS) is 15.7. The Balaban J connectivity index is 1.98. The number of aryl methyl sites for hydroxylation is 1. The SMILES string of the molecule is C=CCN1C(=O)c2oc3ccc(C)cc3c(=O)c2[C@H]1c1cccc(OCC)c1. The first-order valence-electron chi connectivity index (χ1n) is 9.27. The van der Waals surface area contributed by atoms with Gasteiger partial charge in [0.05, 0.1) is 23.6 Å². The second-order valence-corrected chi connectivity index (χ2v) is 6.83. The summed E-state index contributed by atoms with van der Waals surface area (Å²) in [7, 11) is 0. The van der Waals surface area contributed by atoms with Crippen LogP contribution in [0.3, 0.4) is 0 Å². The van der Waals surface area contributed by atoms with Crippen LogP contribution < -0.4 is 10.2 Å². The number of fused-ring (bicyclic) bond motifs is 2. The van der Waals surface area contributed by atoms with Crippen LogP contribution in [-0.2, 0) is 0 Å². The number of hydrogen-bond acceptors (Lipinski definition) is 4. The minimum Gasteiger partial charge on any atom is -0.494 e. The molecule has 28 heavy (non-hydrogen) atoms. The summed E-state index contributed by atoms with van der Waals surface area (Å²) in [5, 5.41) is 0.484. The fourth-order valence-corrected chi connectivity index (χ4v) is 3.75. The standard InChI is InChI=1S/C23H21NO4/c1-4-11-24-20(15-7-6-8-16(13-15)27-5-2)19-21(25)17-12-14(3)9-10-18(17)28-22(19)23(24)26/h4,6-10,12-13,20H,1,5,11H2,2-3H3/t20-/m1/s1. The highest BCUT2D eigenvalue weighted by atomic mass is 16.5. The maximum atomic E-state index is 13.4. The lowest BCUT2D eigenvalue weighted by Crippen LogP contribution is -2.29. The Bertz CT molecular complexity index is 1150. The highest BCUT2D eigenvalue weighted by Gasteiger charge is 2.42. The van der Waals surface area contributed by atoms with Crippen molar-refractivity contribution < 1.29 is 13.9 Å². The van der Waals surface area contributed by atoms with Crippen molar-refractivity contribution in [1.29, 1.82) is 0 Å². The number of benzene rings is 2. The molecule has 5 heteroatoms. The summed E-state index contributed by atoms with van der Waals surface area (Å²) in [6.45, 7) is 8.43. The van der Waals surface area contributed by atoms with Crippen LogP contribution in [0.1, 0.15) is 40.2 Å². The molecule has 0 spiro atoms. The van der Waals surface area contributed by atoms with Crippen molar-refractivity contribution in [1.82, 2.24) is 4.90 Å². The van der Waals surface area contributed by atoms with Crippen LogP contribution in [0.4, 0.5) is 0 Å². The molecule has 0 saturated heterocycles. The molecule has 0 bridgehead atoms. The molecule has 3 aromatic rings. The number of ether oxygens (including phenoxy) is 1. The molecule has 2 aromatic carbocycles. The smallest absolute Gasteiger partial charge is 0.291 e. The van der Waals surface area contributed by atoms with E-state index in [1.54, 1.807) is 23.1 Å². The van der Waals surface area contributed by atoms with Crippen molar-refractivity contribution in [3.05, 3.63) is 87.8 Å². The summed E-state index contributed by atoms with van der Waals surface area (Å²) >= 11 is 0. The summed E-state index contributed by atoms with van der Waals surface area (Å²) in [5.74, 6) is 0.497. The number of hydrogen-bond donors (Lipinski definition) is 0. The second-order valence-electron chi connectivity index (χ2n) is 6.83. The van der Waals surface area contributed by atoms with E-state index in [4.69, 9.17) is 9.15 Å². The Morgan fingerprint density at radius 3 is 2.79 bits per heavy atom. The Labute approximate surface area is 162 Å². The predicted octanol–water partition coefficient (Wildman–Crippen LogP) is 4.23. The van der Waals surface area contributed by atoms with Gasteiger partial charge in [-0.25, -0.2) is 0 Å². The van der Waals surface area contributed by atoms with Crippen LogP contribution in [0, 0.1) is 6.92 Å². The van der Waals surface area contributed by atoms with E-state index in [9.17, 15) is 9.59 Å². The molecule has 1 aliphatic heterocycles. The molecule has 1 atom stereocenters. The number of carbonyl (C=O) groups excluding carboxylic acids is 1. The first-order chi connectivity index (χ1) is 13.5. The molecule has 1 amide bonds. The number of rotatable bonds is 5. The average Bonchev–Trinajstić information content (AvgIpc) is 2.96. The Hall–Kier alpha value is -3.34. The highest BCUT2D eigenvalue weighted by Crippen LogP contribution is 2.38. The topological polar surface area (TPSA) is 59.8 Å². The number of carbonyl (C=O) groups is 1. The first-order valence-corrected chi connectivity index (χ1v) is 9.27. The molecule has 4 rings (SSSR count). The maximum absolute atomic E-state index is 13.4. The quantitative estimate of drug-likeness (QED) is 0.626. The zero-order valence-corrected chi connectivity index (χ0v) is 15.9. The highest BCUT2D eigenvalue weighted by molar-refractivity contribution is 5.99. The summed E-state index contributed by atoms with van der Waals surface area (Å²) < 4.78 is 11.5. The first kappa shape index (κ1) is 18.0. The van der Waals surface area contributed by atoms with Gasteiger partial charge in [0.15, 0.2) is 5.43 Å². The average molecular weight is 375 g/mol. The molecule has 0 radical (unpaired) electrons. The Morgan fingerprint density at radius 1 is 1.21 bits per heavy atom. The van der Waals surface area contributed by atoms with Gasteiger partial charge in [0.25, 0.3) is 5.91 Å². The lowest BCUT2D eigenvalue weighted by atomic mass is 9.98. The van der Waals surface area contributed by atoms with Crippen molar-refractivity contribution >= 4 is 16.9 Å². The number of amides is 1. The van der Waals surface area contributed by atoms with E-state index in [1.165, 1.54) is 0 Å². The molecule has 5 nitrogen and oxygen atoms in total. The van der Waals surface area contributed by atoms with Crippen LogP contribution in [0.25, 0.3) is 11.0 Å². The van der Waals surface area contributed by atoms with E-state index in [1.807, 2.05) is 44.2 Å². The van der Waals surface area contributed by atoms with Crippen molar-refractivity contribution in [2.45, 2.75) is 19.9 Å². The van der Waals surface area contributed by atoms with Gasteiger partial charge >= 0.3 is 0 Å². The van der Waals surface area contributed by atoms with Gasteiger partial charge in [-0.05, 0) is 43.7 Å². The third-order valence-corrected chi connectivity index (χ3v) is 4.93. The Kier molecular flexibility index (Phi) is 4.51. The zero-order chi connectivity index (χ0) is 19.8. The molecule has 0 N–H and O–H groups in total. The van der Waals surface area contributed by atoms with Crippen LogP contribution in [-0.4, -0.2) is 24.0 Å². The Morgan fingerprint density at radius 2 is 2.04 bits per heavy atom. The van der Waals surface area contributed by atoms with Crippen LogP contribution in [0.2, 0.25) is 0 Å². The molecule has 142 valence electrons. The van der Waals surface area contributed by atoms with Crippen molar-refractivity contribution in [2.75, 3.05) is 13.2 Å². The van der Waals surface area contributed by atoms with Gasteiger partial charge in [-0.2, -0.15) is 0 Å². The van der Waals surface area contributed by atoms with E-state index in [2.05, 4.69) is 6.58 Å². The molecular formula is C23H21NO4. The van der Waals surface area contributed by atoms with Crippen molar-refractivity contribution in [3.63, 3.8) is 0 Å². The van der Waals surface area contributed by atoms with E-state index >= 15 is 0 Å². The molecule has 2 heterocycles. The van der Waals surface area contributed by atoms with Gasteiger partial charge < -0.3 is 14.1 Å². The summed E-state index contributed by atoms with van der Waals surface area (Å²) in [5.41, 5.74) is 2.39. The molecule has 0 saturated carbocycles. The monoisotopic (exact) mass is 375 g/mol. The largest absolute Gasteiger partial charge is 0.494 e. The summed E-state index contributed by atoms with van der Waals surface area (Å²) in [6.07, 6.45) is 1.65. The lowest BCUT2D eigenvalue weighted by Gasteiger charge is -2.24. The second kappa shape index (κ2) is 7.00. The predicted molar refractivity (Wildman–Crippen MR) is 108 cm³/mol. The molecule has 0 unspecified atom stereocenters. The van der Waals surface area contributed by atoms with E-state index in [0.29, 0.717) is 35.4 Å². The van der Waals surface area contributed by atoms with Gasteiger partial charge in [0, 0.05) is 6.54 Å². The van der Waals surface area contributed by atoms with Crippen molar-refractivity contribution in [3.8, 4) is 5.75 Å². The lowest BCUT2D eigenvalue weighted by molar-refractivity contribution is 0.0748. The molecule has 1 aliphatic rings. The van der Waals surface area contributed by atoms with Crippen LogP contribution in [0.15, 0.2) is 64.3 Å². The fourth-order valence-electron chi connectivity index (χ4n) is 3.75. The minimum absolute atomic E-state index is 0.106. The van der Waals surface area contributed by atoms with Gasteiger partial charge in [0.1, 0.15) is 11.3 Å². The molecule has 0 aliphatic carbocycles. The van der Waals surface area contributed by atoms with Crippen LogP contribution >= 0.6 is 0 Å². The maximum Gasteiger partial charge on any atom is 0.291 e. The minimum atomic E-state index is -0.540. The third-order valence-electron chi connectivity index (χ3n) is 4.93. The summed E-state index contributed by atoms with van der Waals surface area (Å²) in [6, 6.07) is 12.3. The van der Waals surface area contributed by atoms with E-state index < -0.39 is 6.04 Å². The third kappa shape index (κ3) is 2.80. The zero-order valence-electron chi connectivity index (χ0n) is 15.9. The molecular weight excluding hydrogens is 354 g/mol. The van der Waals surface area contributed by atoms with Gasteiger partial charge in [-0.1, -0.05) is 29.8 Å².